The van der Waals surface area contributed by atoms with Gasteiger partial charge in [-0.2, -0.15) is 4.98 Å². The minimum absolute atomic E-state index is 0.0199. The summed E-state index contributed by atoms with van der Waals surface area (Å²) >= 11 is 8.04. The number of rotatable bonds is 25. The van der Waals surface area contributed by atoms with Crippen LogP contribution in [0.3, 0.4) is 0 Å². The van der Waals surface area contributed by atoms with Crippen molar-refractivity contribution in [3.8, 4) is 16.2 Å². The topological polar surface area (TPSA) is 236 Å². The van der Waals surface area contributed by atoms with Gasteiger partial charge < -0.3 is 55.1 Å². The normalized spacial score (nSPS) is 16.8. The molecule has 0 bridgehead atoms. The summed E-state index contributed by atoms with van der Waals surface area (Å²) < 4.78 is 48.3. The second kappa shape index (κ2) is 27.4. The highest BCUT2D eigenvalue weighted by Gasteiger charge is 2.44. The Bertz CT molecular complexity index is 2950. The number of benzene rings is 3. The number of nitrogens with zero attached hydrogens (tertiary/aromatic N) is 5. The fourth-order valence-corrected chi connectivity index (χ4v) is 11.3. The van der Waals surface area contributed by atoms with E-state index < -0.39 is 45.3 Å². The van der Waals surface area contributed by atoms with Crippen LogP contribution in [0.15, 0.2) is 77.3 Å². The molecule has 2 saturated heterocycles. The number of likely N-dealkylation sites (tertiary alicyclic amines) is 2. The Morgan fingerprint density at radius 3 is 2.27 bits per heavy atom. The molecule has 2 aliphatic heterocycles. The molecule has 0 saturated carbocycles. The first-order valence-corrected chi connectivity index (χ1v) is 29.5. The van der Waals surface area contributed by atoms with Gasteiger partial charge in [0.2, 0.25) is 23.7 Å². The molecule has 0 spiro atoms. The average Bonchev–Trinajstić information content (AvgIpc) is 4.04. The number of piperidine rings is 1. The van der Waals surface area contributed by atoms with Crippen LogP contribution in [0.2, 0.25) is 5.02 Å². The quantitative estimate of drug-likeness (QED) is 0.0354. The van der Waals surface area contributed by atoms with Gasteiger partial charge in [0.15, 0.2) is 15.7 Å². The highest BCUT2D eigenvalue weighted by molar-refractivity contribution is 7.90. The molecule has 7 rings (SSSR count). The molecular weight excluding hydrogens is 1060 g/mol. The number of para-hydroxylation sites is 1. The summed E-state index contributed by atoms with van der Waals surface area (Å²) in [6, 6.07) is 16.7. The summed E-state index contributed by atoms with van der Waals surface area (Å²) in [6.45, 7) is 17.8. The number of hydrogen-bond acceptors (Lipinski definition) is 17. The van der Waals surface area contributed by atoms with Crippen molar-refractivity contribution in [3.05, 3.63) is 99.8 Å². The van der Waals surface area contributed by atoms with E-state index in [1.807, 2.05) is 77.4 Å². The van der Waals surface area contributed by atoms with Gasteiger partial charge in [0.25, 0.3) is 0 Å². The highest BCUT2D eigenvalue weighted by Crippen LogP contribution is 2.39. The number of anilines is 4. The summed E-state index contributed by atoms with van der Waals surface area (Å²) in [4.78, 5) is 58.8. The smallest absolute Gasteiger partial charge is 0.246 e. The molecule has 2 fully saturated rings. The fourth-order valence-electron chi connectivity index (χ4n) is 9.50. The van der Waals surface area contributed by atoms with E-state index in [4.69, 9.17) is 30.5 Å². The molecule has 78 heavy (non-hydrogen) atoms. The molecule has 22 heteroatoms. The Morgan fingerprint density at radius 2 is 1.60 bits per heavy atom. The van der Waals surface area contributed by atoms with Gasteiger partial charge in [0.1, 0.15) is 29.5 Å². The number of aliphatic hydroxyl groups excluding tert-OH is 1. The number of hydrogen-bond donors (Lipinski definition) is 5. The zero-order valence-corrected chi connectivity index (χ0v) is 48.2. The van der Waals surface area contributed by atoms with E-state index >= 15 is 0 Å². The maximum atomic E-state index is 14.0. The number of sulfone groups is 1. The molecule has 19 nitrogen and oxygen atoms in total. The molecule has 3 amide bonds. The van der Waals surface area contributed by atoms with Gasteiger partial charge in [-0.3, -0.25) is 14.4 Å². The molecule has 0 aliphatic carbocycles. The number of halogens is 1. The standard InChI is InChI=1S/C56H74ClN9O10S2/c1-35(2)76-47-29-42(36(3)27-45(47)62-55-59-31-43(57)52(64-55)61-44-11-9-10-12-48(44)78(8,71)72)39-17-19-65(20-18-39)21-22-73-23-24-74-25-26-75-33-49(68)63-51(56(5,6)7)54(70)66-32-41(67)28-46(66)53(69)58-30-38-13-15-40(16-14-38)50-37(4)60-34-77-50/h9-16,27,29,31,34-35,39,41,46,51,67H,17-26,28,30,32-33H2,1-8H3,(H,58,69)(H,63,68)(H2,59,61,62,64)/t41-,46+,51?/m1/s1. The maximum absolute atomic E-state index is 14.0. The monoisotopic (exact) mass is 1130 g/mol. The first kappa shape index (κ1) is 59.9. The van der Waals surface area contributed by atoms with Crippen LogP contribution in [-0.2, 0) is 45.0 Å². The number of ether oxygens (including phenoxy) is 4. The van der Waals surface area contributed by atoms with Gasteiger partial charge in [0, 0.05) is 32.3 Å². The molecule has 1 unspecified atom stereocenters. The maximum Gasteiger partial charge on any atom is 0.246 e. The summed E-state index contributed by atoms with van der Waals surface area (Å²) in [5.41, 5.74) is 7.38. The zero-order chi connectivity index (χ0) is 56.1. The highest BCUT2D eigenvalue weighted by atomic mass is 35.5. The summed E-state index contributed by atoms with van der Waals surface area (Å²) in [7, 11) is -3.52. The summed E-state index contributed by atoms with van der Waals surface area (Å²) in [5, 5.41) is 22.9. The molecule has 0 radical (unpaired) electrons. The lowest BCUT2D eigenvalue weighted by Gasteiger charge is -2.35. The Labute approximate surface area is 467 Å². The lowest BCUT2D eigenvalue weighted by Crippen LogP contribution is -2.58. The van der Waals surface area contributed by atoms with Crippen LogP contribution in [0.25, 0.3) is 10.4 Å². The van der Waals surface area contributed by atoms with Gasteiger partial charge in [-0.15, -0.1) is 11.3 Å². The molecule has 4 heterocycles. The molecule has 5 N–H and O–H groups in total. The molecule has 422 valence electrons. The van der Waals surface area contributed by atoms with Crippen molar-refractivity contribution in [1.82, 2.24) is 35.4 Å². The van der Waals surface area contributed by atoms with Crippen LogP contribution >= 0.6 is 22.9 Å². The number of thiazole rings is 1. The van der Waals surface area contributed by atoms with E-state index in [-0.39, 0.29) is 73.0 Å². The molecule has 5 aromatic rings. The number of carbonyl (C=O) groups is 3. The Hall–Kier alpha value is -5.78. The summed E-state index contributed by atoms with van der Waals surface area (Å²) in [6.07, 6.45) is 3.67. The Balaban J connectivity index is 0.785. The van der Waals surface area contributed by atoms with E-state index in [2.05, 4.69) is 54.1 Å². The summed E-state index contributed by atoms with van der Waals surface area (Å²) in [5.74, 6) is 0.219. The van der Waals surface area contributed by atoms with Crippen molar-refractivity contribution in [2.75, 3.05) is 82.7 Å². The first-order valence-electron chi connectivity index (χ1n) is 26.3. The lowest BCUT2D eigenvalue weighted by molar-refractivity contribution is -0.144. The molecule has 3 atom stereocenters. The van der Waals surface area contributed by atoms with Crippen molar-refractivity contribution in [1.29, 1.82) is 0 Å². The predicted molar refractivity (Wildman–Crippen MR) is 303 cm³/mol. The predicted octanol–water partition coefficient (Wildman–Crippen LogP) is 7.59. The van der Waals surface area contributed by atoms with Gasteiger partial charge >= 0.3 is 0 Å². The number of amides is 3. The van der Waals surface area contributed by atoms with Crippen LogP contribution in [0.4, 0.5) is 23.1 Å². The third-order valence-corrected chi connectivity index (χ3v) is 15.9. The van der Waals surface area contributed by atoms with E-state index in [1.54, 1.807) is 29.5 Å². The second-order valence-electron chi connectivity index (χ2n) is 21.1. The average molecular weight is 1130 g/mol. The second-order valence-corrected chi connectivity index (χ2v) is 24.4. The van der Waals surface area contributed by atoms with Gasteiger partial charge in [-0.1, -0.05) is 68.8 Å². The van der Waals surface area contributed by atoms with Crippen molar-refractivity contribution < 1.29 is 46.9 Å². The van der Waals surface area contributed by atoms with Crippen molar-refractivity contribution in [2.45, 2.75) is 109 Å². The van der Waals surface area contributed by atoms with Crippen LogP contribution in [0.1, 0.15) is 82.2 Å². The first-order chi connectivity index (χ1) is 37.1. The van der Waals surface area contributed by atoms with E-state index in [0.717, 1.165) is 66.0 Å². The zero-order valence-electron chi connectivity index (χ0n) is 45.8. The van der Waals surface area contributed by atoms with E-state index in [1.165, 1.54) is 22.7 Å². The number of nitrogens with one attached hydrogen (secondary N) is 4. The Kier molecular flexibility index (Phi) is 21.0. The third-order valence-electron chi connectivity index (χ3n) is 13.5. The van der Waals surface area contributed by atoms with Crippen LogP contribution in [0.5, 0.6) is 5.75 Å². The Morgan fingerprint density at radius 1 is 0.910 bits per heavy atom. The third kappa shape index (κ3) is 16.6. The number of aryl methyl sites for hydroxylation is 2. The van der Waals surface area contributed by atoms with Crippen LogP contribution in [0, 0.1) is 19.3 Å². The van der Waals surface area contributed by atoms with Gasteiger partial charge in [0.05, 0.1) is 83.8 Å². The number of β-amino-alcohol motifs (C(OH)–C–C–N with tert-alkyl or cyclic N) is 1. The number of aliphatic hydroxyl groups is 1. The van der Waals surface area contributed by atoms with Crippen LogP contribution < -0.4 is 26.0 Å². The van der Waals surface area contributed by atoms with Gasteiger partial charge in [-0.25, -0.2) is 18.4 Å². The SMILES string of the molecule is Cc1cc(Nc2ncc(Cl)c(Nc3ccccc3S(C)(=O)=O)n2)c(OC(C)C)cc1C1CCN(CCOCCOCCOCC(=O)NC(C(=O)N2C[C@H](O)C[C@H]2C(=O)NCc2ccc(-c3scnc3C)cc2)C(C)(C)C)CC1. The molecular formula is C56H74ClN9O10S2. The van der Waals surface area contributed by atoms with Gasteiger partial charge in [-0.05, 0) is 111 Å². The van der Waals surface area contributed by atoms with Crippen molar-refractivity contribution in [3.63, 3.8) is 0 Å². The van der Waals surface area contributed by atoms with E-state index in [9.17, 15) is 27.9 Å². The molecule has 3 aromatic carbocycles. The van der Waals surface area contributed by atoms with Crippen molar-refractivity contribution >= 4 is 73.6 Å². The number of carbonyl (C=O) groups excluding carboxylic acids is 3. The number of aromatic nitrogens is 3. The van der Waals surface area contributed by atoms with Crippen molar-refractivity contribution in [2.24, 2.45) is 5.41 Å². The fraction of sp³-hybridized carbons (Fsp3) is 0.500. The van der Waals surface area contributed by atoms with Crippen LogP contribution in [-0.4, -0.2) is 152 Å². The largest absolute Gasteiger partial charge is 0.489 e. The minimum Gasteiger partial charge on any atom is -0.489 e. The lowest BCUT2D eigenvalue weighted by atomic mass is 9.85. The molecule has 2 aromatic heterocycles. The minimum atomic E-state index is -3.52. The van der Waals surface area contributed by atoms with E-state index in [0.29, 0.717) is 42.9 Å². The molecule has 2 aliphatic rings.